The minimum absolute atomic E-state index is 0.175. The van der Waals surface area contributed by atoms with Crippen LogP contribution in [0.5, 0.6) is 5.75 Å². The summed E-state index contributed by atoms with van der Waals surface area (Å²) < 4.78 is 35.8. The summed E-state index contributed by atoms with van der Waals surface area (Å²) >= 11 is 17.2. The lowest BCUT2D eigenvalue weighted by Crippen LogP contribution is -2.12. The molecular weight excluding hydrogens is 548 g/mol. The Bertz CT molecular complexity index is 1670. The molecule has 0 amide bonds. The zero-order valence-electron chi connectivity index (χ0n) is 17.9. The van der Waals surface area contributed by atoms with Crippen molar-refractivity contribution in [1.82, 2.24) is 25.2 Å². The molecule has 0 aliphatic carbocycles. The Balaban J connectivity index is 0.000000179. The maximum absolute atomic E-state index is 12.4. The monoisotopic (exact) mass is 564 g/mol. The van der Waals surface area contributed by atoms with Gasteiger partial charge in [-0.15, -0.1) is 11.3 Å². The first-order chi connectivity index (χ1) is 16.7. The van der Waals surface area contributed by atoms with Crippen molar-refractivity contribution >= 4 is 73.3 Å². The number of halogens is 1. The lowest BCUT2D eigenvalue weighted by atomic mass is 10.3. The molecule has 0 bridgehead atoms. The number of H-pyrrole nitrogens is 2. The number of fused-ring (bicyclic) bond motifs is 1. The number of anilines is 1. The minimum Gasteiger partial charge on any atom is -0.497 e. The van der Waals surface area contributed by atoms with Gasteiger partial charge in [0.25, 0.3) is 10.0 Å². The summed E-state index contributed by atoms with van der Waals surface area (Å²) in [6.45, 7) is 0. The number of aromatic amines is 2. The molecule has 3 aromatic carbocycles. The van der Waals surface area contributed by atoms with Crippen molar-refractivity contribution in [1.29, 1.82) is 0 Å². The van der Waals surface area contributed by atoms with Gasteiger partial charge in [0.1, 0.15) is 5.75 Å². The molecule has 0 radical (unpaired) electrons. The second kappa shape index (κ2) is 10.7. The number of methoxy groups -OCH3 is 1. The molecule has 35 heavy (non-hydrogen) atoms. The summed E-state index contributed by atoms with van der Waals surface area (Å²) in [5.74, 6) is 0.799. The van der Waals surface area contributed by atoms with E-state index in [2.05, 4.69) is 25.2 Å². The second-order valence-electron chi connectivity index (χ2n) is 6.90. The first-order valence-corrected chi connectivity index (χ1v) is 13.3. The van der Waals surface area contributed by atoms with Crippen LogP contribution in [0.15, 0.2) is 71.6 Å². The minimum atomic E-state index is -3.65. The number of nitrogens with zero attached hydrogens (tertiary/aromatic N) is 3. The third kappa shape index (κ3) is 6.13. The molecule has 5 rings (SSSR count). The zero-order valence-corrected chi connectivity index (χ0v) is 22.0. The van der Waals surface area contributed by atoms with Gasteiger partial charge in [0.2, 0.25) is 4.77 Å². The van der Waals surface area contributed by atoms with Crippen LogP contribution in [-0.2, 0) is 10.0 Å². The third-order valence-corrected chi connectivity index (χ3v) is 7.71. The van der Waals surface area contributed by atoms with E-state index in [1.807, 2.05) is 24.3 Å². The van der Waals surface area contributed by atoms with Gasteiger partial charge >= 0.3 is 0 Å². The highest BCUT2D eigenvalue weighted by Gasteiger charge is 2.15. The van der Waals surface area contributed by atoms with Gasteiger partial charge in [-0.3, -0.25) is 4.72 Å². The van der Waals surface area contributed by atoms with Crippen molar-refractivity contribution in [2.75, 3.05) is 11.8 Å². The van der Waals surface area contributed by atoms with E-state index in [1.54, 1.807) is 54.3 Å². The van der Waals surface area contributed by atoms with Crippen LogP contribution >= 0.6 is 47.4 Å². The lowest BCUT2D eigenvalue weighted by Gasteiger charge is -2.08. The summed E-state index contributed by atoms with van der Waals surface area (Å²) in [6, 6.07) is 18.8. The van der Waals surface area contributed by atoms with Gasteiger partial charge in [-0.1, -0.05) is 21.9 Å². The van der Waals surface area contributed by atoms with Crippen LogP contribution in [0.25, 0.3) is 15.9 Å². The molecule has 2 heterocycles. The molecule has 0 fully saturated rings. The molecule has 0 unspecified atom stereocenters. The van der Waals surface area contributed by atoms with Gasteiger partial charge < -0.3 is 9.72 Å². The van der Waals surface area contributed by atoms with E-state index in [4.69, 9.17) is 40.8 Å². The highest BCUT2D eigenvalue weighted by atomic mass is 35.5. The van der Waals surface area contributed by atoms with Crippen molar-refractivity contribution in [3.05, 3.63) is 80.5 Å². The SMILES string of the molecule is COc1ccc(-n2[nH]nnc2=S)cc1.O=S(=O)(Nc1ccc(Cl)cc1)c1ccc2sc(=S)[nH]c2c1. The fourth-order valence-electron chi connectivity index (χ4n) is 2.93. The number of thiazole rings is 1. The predicted octanol–water partition coefficient (Wildman–Crippen LogP) is 5.75. The van der Waals surface area contributed by atoms with Crippen LogP contribution in [0, 0.1) is 8.73 Å². The topological polar surface area (TPSA) is 118 Å². The number of benzene rings is 3. The van der Waals surface area contributed by atoms with E-state index in [1.165, 1.54) is 11.3 Å². The van der Waals surface area contributed by atoms with Gasteiger partial charge in [-0.2, -0.15) is 5.21 Å². The predicted molar refractivity (Wildman–Crippen MR) is 142 cm³/mol. The summed E-state index contributed by atoms with van der Waals surface area (Å²) in [6.07, 6.45) is 0. The van der Waals surface area contributed by atoms with E-state index in [9.17, 15) is 8.42 Å². The fourth-order valence-corrected chi connectivity index (χ4v) is 5.42. The standard InChI is InChI=1S/C13H9ClN2O2S3.C8H8N4OS/c14-8-1-3-9(4-2-8)16-21(17,18)10-5-6-12-11(7-10)15-13(19)20-12;1-13-7-4-2-6(3-5-7)12-8(14)9-10-11-12/h1-7,16H,(H,15,19);2-5H,1H3,(H,9,11,14). The van der Waals surface area contributed by atoms with Crippen molar-refractivity contribution < 1.29 is 13.2 Å². The lowest BCUT2D eigenvalue weighted by molar-refractivity contribution is 0.414. The number of hydrogen-bond acceptors (Lipinski definition) is 8. The van der Waals surface area contributed by atoms with E-state index in [0.717, 1.165) is 16.1 Å². The Kier molecular flexibility index (Phi) is 7.62. The van der Waals surface area contributed by atoms with Crippen molar-refractivity contribution in [2.45, 2.75) is 4.90 Å². The van der Waals surface area contributed by atoms with Crippen molar-refractivity contribution in [3.8, 4) is 11.4 Å². The number of rotatable bonds is 5. The summed E-state index contributed by atoms with van der Waals surface area (Å²) in [7, 11) is -2.03. The number of sulfonamides is 1. The van der Waals surface area contributed by atoms with Gasteiger partial charge in [0.15, 0.2) is 3.95 Å². The van der Waals surface area contributed by atoms with Crippen LogP contribution in [0.1, 0.15) is 0 Å². The Morgan fingerprint density at radius 2 is 1.77 bits per heavy atom. The zero-order chi connectivity index (χ0) is 25.0. The van der Waals surface area contributed by atoms with Crippen LogP contribution in [0.4, 0.5) is 5.69 Å². The number of tetrazole rings is 1. The number of hydrogen-bond donors (Lipinski definition) is 3. The highest BCUT2D eigenvalue weighted by Crippen LogP contribution is 2.24. The molecule has 0 saturated carbocycles. The quantitative estimate of drug-likeness (QED) is 0.233. The molecule has 9 nitrogen and oxygen atoms in total. The third-order valence-electron chi connectivity index (χ3n) is 4.60. The molecule has 2 aromatic heterocycles. The molecule has 0 aliphatic heterocycles. The first kappa shape index (κ1) is 25.0. The van der Waals surface area contributed by atoms with Crippen molar-refractivity contribution in [3.63, 3.8) is 0 Å². The second-order valence-corrected chi connectivity index (χ2v) is 11.1. The van der Waals surface area contributed by atoms with Gasteiger partial charge in [-0.05, 0) is 91.2 Å². The molecule has 0 spiro atoms. The molecule has 5 aromatic rings. The fraction of sp³-hybridized carbons (Fsp3) is 0.0476. The van der Waals surface area contributed by atoms with Crippen LogP contribution in [0.3, 0.4) is 0 Å². The van der Waals surface area contributed by atoms with Gasteiger partial charge in [0, 0.05) is 10.7 Å². The number of nitrogens with one attached hydrogen (secondary N) is 3. The van der Waals surface area contributed by atoms with Crippen LogP contribution < -0.4 is 9.46 Å². The van der Waals surface area contributed by atoms with E-state index < -0.39 is 10.0 Å². The molecule has 0 saturated heterocycles. The number of aromatic nitrogens is 5. The maximum atomic E-state index is 12.4. The van der Waals surface area contributed by atoms with Crippen LogP contribution in [0.2, 0.25) is 5.02 Å². The van der Waals surface area contributed by atoms with E-state index >= 15 is 0 Å². The normalized spacial score (nSPS) is 11.0. The molecule has 0 aliphatic rings. The largest absolute Gasteiger partial charge is 0.497 e. The average molecular weight is 565 g/mol. The average Bonchev–Trinajstić information content (AvgIpc) is 3.44. The van der Waals surface area contributed by atoms with Gasteiger partial charge in [0.05, 0.1) is 27.9 Å². The summed E-state index contributed by atoms with van der Waals surface area (Å²) in [5.41, 5.74) is 2.04. The van der Waals surface area contributed by atoms with E-state index in [0.29, 0.717) is 25.0 Å². The highest BCUT2D eigenvalue weighted by molar-refractivity contribution is 7.92. The molecular formula is C21H17ClN6O3S4. The Morgan fingerprint density at radius 1 is 1.06 bits per heavy atom. The van der Waals surface area contributed by atoms with Crippen LogP contribution in [-0.4, -0.2) is 40.7 Å². The smallest absolute Gasteiger partial charge is 0.261 e. The molecule has 0 atom stereocenters. The van der Waals surface area contributed by atoms with Gasteiger partial charge in [-0.25, -0.2) is 13.1 Å². The summed E-state index contributed by atoms with van der Waals surface area (Å²) in [5, 5.41) is 10.5. The summed E-state index contributed by atoms with van der Waals surface area (Å²) in [4.78, 5) is 3.14. The Morgan fingerprint density at radius 3 is 2.40 bits per heavy atom. The molecule has 180 valence electrons. The van der Waals surface area contributed by atoms with Crippen molar-refractivity contribution in [2.24, 2.45) is 0 Å². The Labute approximate surface area is 219 Å². The first-order valence-electron chi connectivity index (χ1n) is 9.81. The van der Waals surface area contributed by atoms with E-state index in [-0.39, 0.29) is 4.90 Å². The maximum Gasteiger partial charge on any atom is 0.261 e. The molecule has 14 heteroatoms. The molecule has 3 N–H and O–H groups in total. The Hall–Kier alpha value is -3.10. The number of ether oxygens (including phenoxy) is 1.